The van der Waals surface area contributed by atoms with Crippen LogP contribution in [0.5, 0.6) is 0 Å². The molecule has 2 atom stereocenters. The molecule has 1 aliphatic rings. The molecule has 31 heavy (non-hydrogen) atoms. The fourth-order valence-corrected chi connectivity index (χ4v) is 5.28. The van der Waals surface area contributed by atoms with Crippen LogP contribution in [0.25, 0.3) is 10.7 Å². The Hall–Kier alpha value is -2.16. The van der Waals surface area contributed by atoms with Crippen LogP contribution in [0.4, 0.5) is 0 Å². The summed E-state index contributed by atoms with van der Waals surface area (Å²) in [6, 6.07) is 14.3. The lowest BCUT2D eigenvalue weighted by molar-refractivity contribution is -0.119. The highest BCUT2D eigenvalue weighted by Crippen LogP contribution is 2.29. The molecule has 3 aromatic rings. The Morgan fingerprint density at radius 2 is 2.16 bits per heavy atom. The van der Waals surface area contributed by atoms with Gasteiger partial charge in [0.1, 0.15) is 0 Å². The normalized spacial score (nSPS) is 17.0. The zero-order chi connectivity index (χ0) is 21.5. The van der Waals surface area contributed by atoms with Gasteiger partial charge in [0.2, 0.25) is 5.91 Å². The fourth-order valence-electron chi connectivity index (χ4n) is 3.80. The summed E-state index contributed by atoms with van der Waals surface area (Å²) in [5.74, 6) is 1.17. The number of carbonyl (C=O) groups excluding carboxylic acids is 1. The Balaban J connectivity index is 1.44. The van der Waals surface area contributed by atoms with E-state index in [2.05, 4.69) is 45.2 Å². The van der Waals surface area contributed by atoms with Gasteiger partial charge in [0.25, 0.3) is 0 Å². The number of amides is 1. The molecule has 3 heterocycles. The molecule has 8 heteroatoms. The average molecular weight is 457 g/mol. The third kappa shape index (κ3) is 5.75. The lowest BCUT2D eigenvalue weighted by atomic mass is 10.0. The van der Waals surface area contributed by atoms with E-state index in [1.165, 1.54) is 11.8 Å². The summed E-state index contributed by atoms with van der Waals surface area (Å²) in [4.78, 5) is 13.8. The quantitative estimate of drug-likeness (QED) is 0.438. The van der Waals surface area contributed by atoms with Crippen molar-refractivity contribution in [2.75, 3.05) is 12.4 Å². The van der Waals surface area contributed by atoms with Crippen molar-refractivity contribution in [1.29, 1.82) is 0 Å². The number of nitrogens with zero attached hydrogens (tertiary/aromatic N) is 3. The molecule has 0 spiro atoms. The van der Waals surface area contributed by atoms with Crippen molar-refractivity contribution >= 4 is 29.0 Å². The van der Waals surface area contributed by atoms with Gasteiger partial charge in [-0.05, 0) is 36.3 Å². The van der Waals surface area contributed by atoms with E-state index in [-0.39, 0.29) is 18.1 Å². The second-order valence-corrected chi connectivity index (χ2v) is 9.53. The standard InChI is InChI=1S/C23H28N4O2S2/c1-2-8-19(17-9-4-3-5-10-17)24-21(28)16-31-23-26-25-22(20-12-7-14-30-20)27(23)15-18-11-6-13-29-18/h3-5,7,9-10,12,14,18-19H,2,6,8,11,13,15-16H2,1H3,(H,24,28). The van der Waals surface area contributed by atoms with Gasteiger partial charge < -0.3 is 10.1 Å². The van der Waals surface area contributed by atoms with Gasteiger partial charge in [0.15, 0.2) is 11.0 Å². The van der Waals surface area contributed by atoms with Crippen LogP contribution in [0.15, 0.2) is 53.0 Å². The maximum Gasteiger partial charge on any atom is 0.230 e. The third-order valence-electron chi connectivity index (χ3n) is 5.32. The summed E-state index contributed by atoms with van der Waals surface area (Å²) in [6.07, 6.45) is 4.23. The minimum Gasteiger partial charge on any atom is -0.376 e. The molecule has 2 aromatic heterocycles. The van der Waals surface area contributed by atoms with E-state index >= 15 is 0 Å². The van der Waals surface area contributed by atoms with Gasteiger partial charge in [0, 0.05) is 6.61 Å². The van der Waals surface area contributed by atoms with Crippen molar-refractivity contribution in [1.82, 2.24) is 20.1 Å². The topological polar surface area (TPSA) is 69.0 Å². The van der Waals surface area contributed by atoms with Gasteiger partial charge in [-0.1, -0.05) is 61.5 Å². The molecule has 2 unspecified atom stereocenters. The second kappa shape index (κ2) is 10.9. The highest BCUT2D eigenvalue weighted by atomic mass is 32.2. The molecule has 1 N–H and O–H groups in total. The number of thioether (sulfide) groups is 1. The highest BCUT2D eigenvalue weighted by Gasteiger charge is 2.23. The maximum absolute atomic E-state index is 12.8. The summed E-state index contributed by atoms with van der Waals surface area (Å²) in [6.45, 7) is 3.66. The van der Waals surface area contributed by atoms with E-state index < -0.39 is 0 Å². The number of thiophene rings is 1. The lowest BCUT2D eigenvalue weighted by Gasteiger charge is -2.18. The Morgan fingerprint density at radius 1 is 1.29 bits per heavy atom. The monoisotopic (exact) mass is 456 g/mol. The molecule has 0 saturated carbocycles. The lowest BCUT2D eigenvalue weighted by Crippen LogP contribution is -2.30. The van der Waals surface area contributed by atoms with Crippen molar-refractivity contribution in [3.8, 4) is 10.7 Å². The number of hydrogen-bond acceptors (Lipinski definition) is 6. The first-order chi connectivity index (χ1) is 15.2. The van der Waals surface area contributed by atoms with Crippen LogP contribution < -0.4 is 5.32 Å². The highest BCUT2D eigenvalue weighted by molar-refractivity contribution is 7.99. The minimum absolute atomic E-state index is 0.0108. The van der Waals surface area contributed by atoms with E-state index in [0.717, 1.165) is 53.7 Å². The van der Waals surface area contributed by atoms with E-state index in [9.17, 15) is 4.79 Å². The van der Waals surface area contributed by atoms with Crippen molar-refractivity contribution < 1.29 is 9.53 Å². The van der Waals surface area contributed by atoms with Crippen molar-refractivity contribution in [2.45, 2.75) is 56.5 Å². The first-order valence-electron chi connectivity index (χ1n) is 10.8. The number of rotatable bonds is 10. The first kappa shape index (κ1) is 22.0. The molecule has 1 fully saturated rings. The zero-order valence-electron chi connectivity index (χ0n) is 17.7. The van der Waals surface area contributed by atoms with E-state index in [1.54, 1.807) is 11.3 Å². The van der Waals surface area contributed by atoms with Crippen LogP contribution >= 0.6 is 23.1 Å². The number of benzene rings is 1. The molecule has 1 aromatic carbocycles. The average Bonchev–Trinajstić information content (AvgIpc) is 3.55. The summed E-state index contributed by atoms with van der Waals surface area (Å²) in [7, 11) is 0. The summed E-state index contributed by atoms with van der Waals surface area (Å²) >= 11 is 3.08. The zero-order valence-corrected chi connectivity index (χ0v) is 19.3. The largest absolute Gasteiger partial charge is 0.376 e. The van der Waals surface area contributed by atoms with Crippen molar-refractivity contribution in [3.63, 3.8) is 0 Å². The molecule has 1 amide bonds. The molecule has 0 bridgehead atoms. The number of carbonyl (C=O) groups is 1. The Labute approximate surface area is 191 Å². The molecular formula is C23H28N4O2S2. The number of hydrogen-bond donors (Lipinski definition) is 1. The molecular weight excluding hydrogens is 428 g/mol. The van der Waals surface area contributed by atoms with Gasteiger partial charge in [-0.15, -0.1) is 21.5 Å². The van der Waals surface area contributed by atoms with Crippen molar-refractivity contribution in [3.05, 3.63) is 53.4 Å². The Kier molecular flexibility index (Phi) is 7.77. The van der Waals surface area contributed by atoms with Crippen LogP contribution in [0.2, 0.25) is 0 Å². The Bertz CT molecular complexity index is 953. The first-order valence-corrected chi connectivity index (χ1v) is 12.7. The van der Waals surface area contributed by atoms with E-state index in [1.807, 2.05) is 29.6 Å². The van der Waals surface area contributed by atoms with Gasteiger partial charge >= 0.3 is 0 Å². The summed E-state index contributed by atoms with van der Waals surface area (Å²) in [5.41, 5.74) is 1.14. The minimum atomic E-state index is 0.0108. The van der Waals surface area contributed by atoms with Crippen LogP contribution in [0.3, 0.4) is 0 Å². The molecule has 164 valence electrons. The van der Waals surface area contributed by atoms with Gasteiger partial charge in [0.05, 0.1) is 29.3 Å². The second-order valence-electron chi connectivity index (χ2n) is 7.64. The molecule has 0 aliphatic carbocycles. The third-order valence-corrected chi connectivity index (χ3v) is 7.15. The summed E-state index contributed by atoms with van der Waals surface area (Å²) < 4.78 is 7.96. The van der Waals surface area contributed by atoms with Gasteiger partial charge in [-0.25, -0.2) is 0 Å². The van der Waals surface area contributed by atoms with Crippen LogP contribution in [0.1, 0.15) is 44.2 Å². The van der Waals surface area contributed by atoms with E-state index in [4.69, 9.17) is 4.74 Å². The summed E-state index contributed by atoms with van der Waals surface area (Å²) in [5, 5.41) is 14.8. The van der Waals surface area contributed by atoms with Crippen LogP contribution in [0, 0.1) is 0 Å². The number of nitrogens with one attached hydrogen (secondary N) is 1. The predicted octanol–water partition coefficient (Wildman–Crippen LogP) is 4.94. The van der Waals surface area contributed by atoms with Gasteiger partial charge in [-0.3, -0.25) is 9.36 Å². The Morgan fingerprint density at radius 3 is 2.87 bits per heavy atom. The maximum atomic E-state index is 12.8. The van der Waals surface area contributed by atoms with Crippen LogP contribution in [-0.2, 0) is 16.1 Å². The molecule has 1 saturated heterocycles. The molecule has 4 rings (SSSR count). The molecule has 6 nitrogen and oxygen atoms in total. The smallest absolute Gasteiger partial charge is 0.230 e. The van der Waals surface area contributed by atoms with E-state index in [0.29, 0.717) is 12.3 Å². The predicted molar refractivity (Wildman–Crippen MR) is 125 cm³/mol. The molecule has 0 radical (unpaired) electrons. The SMILES string of the molecule is CCCC(NC(=O)CSc1nnc(-c2cccs2)n1CC1CCCO1)c1ccccc1. The van der Waals surface area contributed by atoms with Crippen LogP contribution in [-0.4, -0.2) is 39.1 Å². The number of ether oxygens (including phenoxy) is 1. The van der Waals surface area contributed by atoms with Gasteiger partial charge in [-0.2, -0.15) is 0 Å². The van der Waals surface area contributed by atoms with Crippen molar-refractivity contribution in [2.24, 2.45) is 0 Å². The fraction of sp³-hybridized carbons (Fsp3) is 0.435. The molecule has 1 aliphatic heterocycles. The number of aromatic nitrogens is 3.